The van der Waals surface area contributed by atoms with Crippen LogP contribution in [0.25, 0.3) is 5.57 Å². The number of nitriles is 1. The number of rotatable bonds is 12. The molecule has 0 saturated heterocycles. The van der Waals surface area contributed by atoms with Gasteiger partial charge in [-0.05, 0) is 78.5 Å². The fourth-order valence-corrected chi connectivity index (χ4v) is 3.90. The topological polar surface area (TPSA) is 59.3 Å². The van der Waals surface area contributed by atoms with Crippen molar-refractivity contribution in [1.82, 2.24) is 0 Å². The number of nitrogens with zero attached hydrogens (tertiary/aromatic N) is 1. The summed E-state index contributed by atoms with van der Waals surface area (Å²) < 4.78 is 10.7. The van der Waals surface area contributed by atoms with Gasteiger partial charge in [0, 0.05) is 0 Å². The van der Waals surface area contributed by atoms with Crippen LogP contribution in [0.2, 0.25) is 0 Å². The molecule has 35 heavy (non-hydrogen) atoms. The highest BCUT2D eigenvalue weighted by molar-refractivity contribution is 5.84. The van der Waals surface area contributed by atoms with Gasteiger partial charge in [0.2, 0.25) is 0 Å². The second-order valence-corrected chi connectivity index (χ2v) is 9.37. The zero-order chi connectivity index (χ0) is 25.3. The summed E-state index contributed by atoms with van der Waals surface area (Å²) in [7, 11) is 0. The largest absolute Gasteiger partial charge is 0.494 e. The van der Waals surface area contributed by atoms with Crippen LogP contribution in [0, 0.1) is 17.2 Å². The monoisotopic (exact) mass is 475 g/mol. The Morgan fingerprint density at radius 2 is 1.71 bits per heavy atom. The van der Waals surface area contributed by atoms with Crippen LogP contribution >= 0.6 is 0 Å². The Bertz CT molecular complexity index is 971. The average molecular weight is 476 g/mol. The zero-order valence-corrected chi connectivity index (χ0v) is 21.7. The Morgan fingerprint density at radius 1 is 1.00 bits per heavy atom. The van der Waals surface area contributed by atoms with E-state index < -0.39 is 0 Å². The number of hydrogen-bond acceptors (Lipinski definition) is 4. The fraction of sp³-hybridized carbons (Fsp3) is 0.484. The van der Waals surface area contributed by atoms with Gasteiger partial charge in [-0.25, -0.2) is 0 Å². The van der Waals surface area contributed by atoms with Gasteiger partial charge >= 0.3 is 0 Å². The molecule has 0 spiro atoms. The molecular formula is C31H41NO3. The first kappa shape index (κ1) is 28.2. The summed E-state index contributed by atoms with van der Waals surface area (Å²) in [5.41, 5.74) is 5.38. The third-order valence-corrected chi connectivity index (χ3v) is 6.26. The van der Waals surface area contributed by atoms with Gasteiger partial charge in [0.15, 0.2) is 0 Å². The lowest BCUT2D eigenvalue weighted by Gasteiger charge is -2.15. The Hall–Kier alpha value is -3.06. The Labute approximate surface area is 212 Å². The highest BCUT2D eigenvalue weighted by Crippen LogP contribution is 2.34. The number of unbranched alkanes of at least 4 members (excludes halogenated alkanes) is 4. The van der Waals surface area contributed by atoms with Gasteiger partial charge in [-0.1, -0.05) is 76.8 Å². The van der Waals surface area contributed by atoms with Gasteiger partial charge in [0.1, 0.15) is 5.75 Å². The van der Waals surface area contributed by atoms with E-state index in [1.807, 2.05) is 30.3 Å². The molecule has 0 saturated carbocycles. The molecule has 0 heterocycles. The number of fused-ring (bicyclic) bond motifs is 1. The number of ether oxygens (including phenoxy) is 2. The lowest BCUT2D eigenvalue weighted by atomic mass is 9.91. The van der Waals surface area contributed by atoms with Crippen molar-refractivity contribution in [3.05, 3.63) is 70.8 Å². The van der Waals surface area contributed by atoms with Crippen molar-refractivity contribution in [2.24, 2.45) is 5.92 Å². The van der Waals surface area contributed by atoms with Crippen molar-refractivity contribution in [1.29, 1.82) is 5.26 Å². The molecule has 1 aliphatic carbocycles. The van der Waals surface area contributed by atoms with Crippen molar-refractivity contribution >= 4 is 12.0 Å². The molecule has 2 aromatic carbocycles. The van der Waals surface area contributed by atoms with E-state index in [2.05, 4.69) is 45.0 Å². The van der Waals surface area contributed by atoms with Crippen LogP contribution in [0.5, 0.6) is 5.75 Å². The molecule has 0 fully saturated rings. The third kappa shape index (κ3) is 9.99. The van der Waals surface area contributed by atoms with E-state index in [1.165, 1.54) is 17.5 Å². The Balaban J connectivity index is 0.000000784. The molecule has 0 amide bonds. The maximum absolute atomic E-state index is 10.1. The van der Waals surface area contributed by atoms with Crippen LogP contribution in [0.15, 0.2) is 48.5 Å². The fourth-order valence-electron chi connectivity index (χ4n) is 3.90. The lowest BCUT2D eigenvalue weighted by molar-refractivity contribution is -0.128. The minimum Gasteiger partial charge on any atom is -0.494 e. The molecule has 0 atom stereocenters. The number of benzene rings is 2. The summed E-state index contributed by atoms with van der Waals surface area (Å²) >= 11 is 0. The van der Waals surface area contributed by atoms with Gasteiger partial charge in [0.05, 0.1) is 24.8 Å². The van der Waals surface area contributed by atoms with Crippen LogP contribution in [-0.4, -0.2) is 19.7 Å². The maximum Gasteiger partial charge on any atom is 0.293 e. The molecule has 0 N–H and O–H groups in total. The smallest absolute Gasteiger partial charge is 0.293 e. The van der Waals surface area contributed by atoms with Gasteiger partial charge in [-0.2, -0.15) is 5.26 Å². The lowest BCUT2D eigenvalue weighted by Crippen LogP contribution is -2.00. The molecule has 0 aromatic heterocycles. The van der Waals surface area contributed by atoms with Crippen molar-refractivity contribution < 1.29 is 14.3 Å². The first-order valence-corrected chi connectivity index (χ1v) is 13.1. The molecule has 0 unspecified atom stereocenters. The van der Waals surface area contributed by atoms with E-state index >= 15 is 0 Å². The van der Waals surface area contributed by atoms with Crippen molar-refractivity contribution in [2.75, 3.05) is 13.2 Å². The zero-order valence-electron chi connectivity index (χ0n) is 21.7. The third-order valence-electron chi connectivity index (χ3n) is 6.26. The summed E-state index contributed by atoms with van der Waals surface area (Å²) in [6.45, 7) is 8.38. The van der Waals surface area contributed by atoms with Crippen LogP contribution in [0.1, 0.15) is 94.4 Å². The normalized spacial score (nSPS) is 12.4. The Morgan fingerprint density at radius 3 is 2.43 bits per heavy atom. The summed E-state index contributed by atoms with van der Waals surface area (Å²) in [5.74, 6) is 1.80. The van der Waals surface area contributed by atoms with Crippen molar-refractivity contribution in [3.63, 3.8) is 0 Å². The molecule has 188 valence electrons. The van der Waals surface area contributed by atoms with Crippen LogP contribution in [0.4, 0.5) is 0 Å². The minimum atomic E-state index is 0.509. The maximum atomic E-state index is 10.1. The van der Waals surface area contributed by atoms with Gasteiger partial charge in [-0.15, -0.1) is 0 Å². The molecule has 2 aromatic rings. The number of allylic oxidation sites excluding steroid dienone is 1. The molecule has 4 nitrogen and oxygen atoms in total. The molecule has 0 aliphatic heterocycles. The molecule has 0 radical (unpaired) electrons. The quantitative estimate of drug-likeness (QED) is 0.231. The first-order valence-electron chi connectivity index (χ1n) is 13.1. The van der Waals surface area contributed by atoms with E-state index in [1.54, 1.807) is 0 Å². The van der Waals surface area contributed by atoms with E-state index in [0.717, 1.165) is 79.7 Å². The van der Waals surface area contributed by atoms with E-state index in [0.29, 0.717) is 19.7 Å². The summed E-state index contributed by atoms with van der Waals surface area (Å²) in [4.78, 5) is 10.1. The highest BCUT2D eigenvalue weighted by atomic mass is 16.5. The number of hydrogen-bond donors (Lipinski definition) is 0. The SMILES string of the molecule is CCC(C)C.N#Cc1ccccc1C1=CCCCc2cc(OCCCCCCCOC=O)ccc21. The second kappa shape index (κ2) is 16.5. The summed E-state index contributed by atoms with van der Waals surface area (Å²) in [6.07, 6.45) is 12.0. The molecule has 0 bridgehead atoms. The van der Waals surface area contributed by atoms with Crippen LogP contribution < -0.4 is 4.74 Å². The van der Waals surface area contributed by atoms with E-state index in [9.17, 15) is 10.1 Å². The number of carbonyl (C=O) groups is 1. The van der Waals surface area contributed by atoms with Crippen LogP contribution in [-0.2, 0) is 16.0 Å². The predicted molar refractivity (Wildman–Crippen MR) is 143 cm³/mol. The number of carbonyl (C=O) groups excluding carboxylic acids is 1. The predicted octanol–water partition coefficient (Wildman–Crippen LogP) is 7.88. The summed E-state index contributed by atoms with van der Waals surface area (Å²) in [6, 6.07) is 16.5. The molecule has 4 heteroatoms. The number of aryl methyl sites for hydroxylation is 1. The first-order chi connectivity index (χ1) is 17.1. The van der Waals surface area contributed by atoms with Crippen LogP contribution in [0.3, 0.4) is 0 Å². The van der Waals surface area contributed by atoms with Gasteiger partial charge in [0.25, 0.3) is 6.47 Å². The second-order valence-electron chi connectivity index (χ2n) is 9.37. The highest BCUT2D eigenvalue weighted by Gasteiger charge is 2.16. The van der Waals surface area contributed by atoms with Crippen molar-refractivity contribution in [2.45, 2.75) is 78.6 Å². The summed E-state index contributed by atoms with van der Waals surface area (Å²) in [5, 5.41) is 9.51. The molecule has 1 aliphatic rings. The minimum absolute atomic E-state index is 0.509. The van der Waals surface area contributed by atoms with Gasteiger partial charge < -0.3 is 9.47 Å². The van der Waals surface area contributed by atoms with Gasteiger partial charge in [-0.3, -0.25) is 4.79 Å². The Kier molecular flexibility index (Phi) is 13.3. The standard InChI is InChI=1S/C26H29NO3.C5H12/c27-19-22-11-5-6-12-24(22)26-13-7-4-10-21-18-23(14-15-25(21)26)30-17-9-3-1-2-8-16-29-20-28;1-4-5(2)3/h5-6,11-15,18,20H,1-4,7-10,16-17H2;5H,4H2,1-3H3. The van der Waals surface area contributed by atoms with E-state index in [4.69, 9.17) is 9.47 Å². The average Bonchev–Trinajstić information content (AvgIpc) is 3.10. The van der Waals surface area contributed by atoms with E-state index in [-0.39, 0.29) is 0 Å². The molecular weight excluding hydrogens is 434 g/mol. The van der Waals surface area contributed by atoms with Crippen molar-refractivity contribution in [3.8, 4) is 11.8 Å². The molecule has 3 rings (SSSR count).